The normalized spacial score (nSPS) is 12.0. The highest BCUT2D eigenvalue weighted by Gasteiger charge is 2.09. The Hall–Kier alpha value is -1.73. The van der Waals surface area contributed by atoms with Crippen molar-refractivity contribution in [1.82, 2.24) is 5.32 Å². The molecule has 1 atom stereocenters. The van der Waals surface area contributed by atoms with E-state index >= 15 is 0 Å². The van der Waals surface area contributed by atoms with Crippen LogP contribution in [-0.2, 0) is 4.79 Å². The fraction of sp³-hybridized carbons (Fsp3) is 0.364. The van der Waals surface area contributed by atoms with Gasteiger partial charge >= 0.3 is 0 Å². The molecular formula is C11H13F2NO4. The molecule has 0 heterocycles. The van der Waals surface area contributed by atoms with E-state index < -0.39 is 36.9 Å². The Morgan fingerprint density at radius 2 is 2.17 bits per heavy atom. The number of hydrogen-bond donors (Lipinski definition) is 3. The minimum atomic E-state index is -1.06. The van der Waals surface area contributed by atoms with Gasteiger partial charge in [-0.1, -0.05) is 0 Å². The molecule has 3 N–H and O–H groups in total. The predicted molar refractivity (Wildman–Crippen MR) is 58.0 cm³/mol. The summed E-state index contributed by atoms with van der Waals surface area (Å²) in [5.74, 6) is -2.48. The maximum absolute atomic E-state index is 13.1. The van der Waals surface area contributed by atoms with Gasteiger partial charge in [0.2, 0.25) is 0 Å². The van der Waals surface area contributed by atoms with Gasteiger partial charge in [0.15, 0.2) is 18.2 Å². The number of carbonyl (C=O) groups excluding carboxylic acids is 1. The van der Waals surface area contributed by atoms with E-state index in [2.05, 4.69) is 5.32 Å². The van der Waals surface area contributed by atoms with Crippen LogP contribution in [0.4, 0.5) is 8.78 Å². The number of nitrogens with one attached hydrogen (secondary N) is 1. The van der Waals surface area contributed by atoms with E-state index in [4.69, 9.17) is 14.9 Å². The third kappa shape index (κ3) is 4.64. The third-order valence-electron chi connectivity index (χ3n) is 2.00. The monoisotopic (exact) mass is 261 g/mol. The first-order valence-corrected chi connectivity index (χ1v) is 5.16. The van der Waals surface area contributed by atoms with E-state index in [1.54, 1.807) is 0 Å². The van der Waals surface area contributed by atoms with E-state index in [0.29, 0.717) is 6.07 Å². The highest BCUT2D eigenvalue weighted by Crippen LogP contribution is 2.17. The summed E-state index contributed by atoms with van der Waals surface area (Å²) in [6, 6.07) is 2.72. The van der Waals surface area contributed by atoms with Gasteiger partial charge in [0.1, 0.15) is 5.82 Å². The number of amides is 1. The predicted octanol–water partition coefficient (Wildman–Crippen LogP) is -0.187. The molecule has 0 saturated carbocycles. The van der Waals surface area contributed by atoms with Crippen molar-refractivity contribution in [2.75, 3.05) is 19.8 Å². The third-order valence-corrected chi connectivity index (χ3v) is 2.00. The van der Waals surface area contributed by atoms with Crippen molar-refractivity contribution in [3.8, 4) is 5.75 Å². The van der Waals surface area contributed by atoms with Gasteiger partial charge in [-0.05, 0) is 12.1 Å². The lowest BCUT2D eigenvalue weighted by molar-refractivity contribution is -0.123. The molecule has 0 bridgehead atoms. The molecule has 100 valence electrons. The first kappa shape index (κ1) is 14.3. The lowest BCUT2D eigenvalue weighted by Gasteiger charge is -2.10. The summed E-state index contributed by atoms with van der Waals surface area (Å²) >= 11 is 0. The summed E-state index contributed by atoms with van der Waals surface area (Å²) in [6.07, 6.45) is -1.06. The average molecular weight is 261 g/mol. The Bertz CT molecular complexity index is 414. The van der Waals surface area contributed by atoms with Crippen LogP contribution < -0.4 is 10.1 Å². The van der Waals surface area contributed by atoms with Crippen LogP contribution in [0.2, 0.25) is 0 Å². The quantitative estimate of drug-likeness (QED) is 0.663. The molecule has 0 saturated heterocycles. The van der Waals surface area contributed by atoms with Crippen LogP contribution in [0.25, 0.3) is 0 Å². The van der Waals surface area contributed by atoms with Gasteiger partial charge in [-0.15, -0.1) is 0 Å². The second kappa shape index (κ2) is 6.87. The van der Waals surface area contributed by atoms with Crippen LogP contribution in [0.1, 0.15) is 0 Å². The number of halogens is 2. The van der Waals surface area contributed by atoms with Crippen LogP contribution >= 0.6 is 0 Å². The van der Waals surface area contributed by atoms with Crippen LogP contribution in [0, 0.1) is 11.6 Å². The van der Waals surface area contributed by atoms with Crippen LogP contribution in [0.5, 0.6) is 5.75 Å². The lowest BCUT2D eigenvalue weighted by atomic mass is 10.3. The molecule has 0 aliphatic heterocycles. The van der Waals surface area contributed by atoms with Gasteiger partial charge in [-0.3, -0.25) is 4.79 Å². The second-order valence-corrected chi connectivity index (χ2v) is 3.50. The molecule has 1 amide bonds. The number of ether oxygens (including phenoxy) is 1. The molecular weight excluding hydrogens is 248 g/mol. The molecule has 1 aromatic carbocycles. The largest absolute Gasteiger partial charge is 0.481 e. The minimum absolute atomic E-state index is 0.134. The number of benzene rings is 1. The highest BCUT2D eigenvalue weighted by atomic mass is 19.1. The maximum Gasteiger partial charge on any atom is 0.258 e. The number of aliphatic hydroxyl groups excluding tert-OH is 2. The highest BCUT2D eigenvalue weighted by molar-refractivity contribution is 5.77. The molecule has 0 radical (unpaired) electrons. The number of aliphatic hydroxyl groups is 2. The van der Waals surface area contributed by atoms with Crippen LogP contribution in [0.15, 0.2) is 18.2 Å². The zero-order valence-corrected chi connectivity index (χ0v) is 9.40. The average Bonchev–Trinajstić information content (AvgIpc) is 2.34. The lowest BCUT2D eigenvalue weighted by Crippen LogP contribution is -2.36. The summed E-state index contributed by atoms with van der Waals surface area (Å²) < 4.78 is 30.5. The van der Waals surface area contributed by atoms with Crippen molar-refractivity contribution in [3.63, 3.8) is 0 Å². The topological polar surface area (TPSA) is 78.8 Å². The van der Waals surface area contributed by atoms with Crippen molar-refractivity contribution in [1.29, 1.82) is 0 Å². The molecule has 1 rings (SSSR count). The first-order valence-electron chi connectivity index (χ1n) is 5.16. The SMILES string of the molecule is O=C(COc1ccc(F)cc1F)NCC(O)CO. The molecule has 7 heteroatoms. The number of hydrogen-bond acceptors (Lipinski definition) is 4. The van der Waals surface area contributed by atoms with Crippen molar-refractivity contribution in [3.05, 3.63) is 29.8 Å². The molecule has 1 unspecified atom stereocenters. The van der Waals surface area contributed by atoms with Crippen LogP contribution in [-0.4, -0.2) is 42.0 Å². The first-order chi connectivity index (χ1) is 8.52. The van der Waals surface area contributed by atoms with Crippen molar-refractivity contribution < 1.29 is 28.5 Å². The van der Waals surface area contributed by atoms with Crippen molar-refractivity contribution >= 4 is 5.91 Å². The van der Waals surface area contributed by atoms with E-state index in [0.717, 1.165) is 12.1 Å². The Morgan fingerprint density at radius 3 is 2.78 bits per heavy atom. The maximum atomic E-state index is 13.1. The fourth-order valence-corrected chi connectivity index (χ4v) is 1.08. The molecule has 0 aromatic heterocycles. The van der Waals surface area contributed by atoms with E-state index in [-0.39, 0.29) is 12.3 Å². The smallest absolute Gasteiger partial charge is 0.258 e. The Balaban J connectivity index is 2.38. The standard InChI is InChI=1S/C11H13F2NO4/c12-7-1-2-10(9(13)3-7)18-6-11(17)14-4-8(16)5-15/h1-3,8,15-16H,4-6H2,(H,14,17). The van der Waals surface area contributed by atoms with Crippen molar-refractivity contribution in [2.45, 2.75) is 6.10 Å². The van der Waals surface area contributed by atoms with E-state index in [1.807, 2.05) is 0 Å². The van der Waals surface area contributed by atoms with Gasteiger partial charge in [-0.2, -0.15) is 0 Å². The molecule has 0 aliphatic carbocycles. The summed E-state index contributed by atoms with van der Waals surface area (Å²) in [6.45, 7) is -1.08. The molecule has 5 nitrogen and oxygen atoms in total. The van der Waals surface area contributed by atoms with Gasteiger partial charge in [-0.25, -0.2) is 8.78 Å². The Morgan fingerprint density at radius 1 is 1.44 bits per heavy atom. The summed E-state index contributed by atoms with van der Waals surface area (Å²) in [5, 5.41) is 19.7. The number of carbonyl (C=O) groups is 1. The van der Waals surface area contributed by atoms with Gasteiger partial charge in [0.05, 0.1) is 12.7 Å². The molecule has 0 spiro atoms. The number of rotatable bonds is 6. The zero-order valence-electron chi connectivity index (χ0n) is 9.40. The summed E-state index contributed by atoms with van der Waals surface area (Å²) in [7, 11) is 0. The fourth-order valence-electron chi connectivity index (χ4n) is 1.08. The second-order valence-electron chi connectivity index (χ2n) is 3.50. The Labute approximate surface area is 102 Å². The molecule has 1 aromatic rings. The van der Waals surface area contributed by atoms with Gasteiger partial charge in [0.25, 0.3) is 5.91 Å². The van der Waals surface area contributed by atoms with Gasteiger partial charge < -0.3 is 20.3 Å². The molecule has 0 fully saturated rings. The minimum Gasteiger partial charge on any atom is -0.481 e. The zero-order chi connectivity index (χ0) is 13.5. The molecule has 0 aliphatic rings. The summed E-state index contributed by atoms with van der Waals surface area (Å²) in [4.78, 5) is 11.2. The van der Waals surface area contributed by atoms with Crippen LogP contribution in [0.3, 0.4) is 0 Å². The van der Waals surface area contributed by atoms with Crippen molar-refractivity contribution in [2.24, 2.45) is 0 Å². The van der Waals surface area contributed by atoms with E-state index in [1.165, 1.54) is 0 Å². The van der Waals surface area contributed by atoms with E-state index in [9.17, 15) is 13.6 Å². The Kier molecular flexibility index (Phi) is 5.47. The summed E-state index contributed by atoms with van der Waals surface area (Å²) in [5.41, 5.74) is 0. The van der Waals surface area contributed by atoms with Gasteiger partial charge in [0, 0.05) is 12.6 Å². The molecule has 18 heavy (non-hydrogen) atoms.